The minimum atomic E-state index is -0.626. The molecule has 1 aromatic heterocycles. The summed E-state index contributed by atoms with van der Waals surface area (Å²) in [4.78, 5) is 12.5. The summed E-state index contributed by atoms with van der Waals surface area (Å²) in [6.07, 6.45) is 0. The van der Waals surface area contributed by atoms with Crippen LogP contribution < -0.4 is 5.32 Å². The number of esters is 1. The van der Waals surface area contributed by atoms with Crippen molar-refractivity contribution in [1.29, 1.82) is 0 Å². The predicted molar refractivity (Wildman–Crippen MR) is 57.3 cm³/mol. The van der Waals surface area contributed by atoms with Gasteiger partial charge in [0.1, 0.15) is 5.54 Å². The quantitative estimate of drug-likeness (QED) is 0.775. The molecule has 1 N–H and O–H groups in total. The molecule has 0 bridgehead atoms. The van der Waals surface area contributed by atoms with Gasteiger partial charge < -0.3 is 4.74 Å². The number of ether oxygens (including phenoxy) is 1. The van der Waals surface area contributed by atoms with E-state index in [1.165, 1.54) is 12.0 Å². The van der Waals surface area contributed by atoms with Crippen molar-refractivity contribution in [2.24, 2.45) is 0 Å². The zero-order valence-corrected chi connectivity index (χ0v) is 9.48. The van der Waals surface area contributed by atoms with Gasteiger partial charge >= 0.3 is 5.97 Å². The van der Waals surface area contributed by atoms with Gasteiger partial charge in [0, 0.05) is 11.4 Å². The number of rotatable bonds is 4. The molecule has 0 saturated carbocycles. The average molecular weight is 213 g/mol. The Balaban J connectivity index is 2.48. The van der Waals surface area contributed by atoms with Gasteiger partial charge in [-0.3, -0.25) is 10.1 Å². The lowest BCUT2D eigenvalue weighted by atomic mass is 10.1. The van der Waals surface area contributed by atoms with Gasteiger partial charge in [0.15, 0.2) is 0 Å². The van der Waals surface area contributed by atoms with Crippen LogP contribution in [-0.2, 0) is 16.1 Å². The molecule has 0 amide bonds. The van der Waals surface area contributed by atoms with Crippen molar-refractivity contribution < 1.29 is 9.53 Å². The first kappa shape index (κ1) is 11.2. The van der Waals surface area contributed by atoms with E-state index in [4.69, 9.17) is 0 Å². The molecular weight excluding hydrogens is 198 g/mol. The molecule has 14 heavy (non-hydrogen) atoms. The highest BCUT2D eigenvalue weighted by molar-refractivity contribution is 7.09. The van der Waals surface area contributed by atoms with E-state index in [0.29, 0.717) is 6.54 Å². The van der Waals surface area contributed by atoms with E-state index in [0.717, 1.165) is 0 Å². The highest BCUT2D eigenvalue weighted by Crippen LogP contribution is 2.11. The summed E-state index contributed by atoms with van der Waals surface area (Å²) in [6, 6.07) is 4.03. The van der Waals surface area contributed by atoms with E-state index >= 15 is 0 Å². The predicted octanol–water partition coefficient (Wildman–Crippen LogP) is 1.79. The van der Waals surface area contributed by atoms with Crippen molar-refractivity contribution >= 4 is 17.3 Å². The maximum atomic E-state index is 11.3. The second-order valence-electron chi connectivity index (χ2n) is 3.55. The summed E-state index contributed by atoms with van der Waals surface area (Å²) >= 11 is 1.67. The van der Waals surface area contributed by atoms with E-state index in [9.17, 15) is 4.79 Å². The third-order valence-electron chi connectivity index (χ3n) is 1.98. The molecule has 0 aliphatic rings. The van der Waals surface area contributed by atoms with Crippen molar-refractivity contribution in [2.75, 3.05) is 7.11 Å². The fourth-order valence-electron chi connectivity index (χ4n) is 1.05. The molecule has 1 rings (SSSR count). The minimum Gasteiger partial charge on any atom is -0.468 e. The fraction of sp³-hybridized carbons (Fsp3) is 0.500. The van der Waals surface area contributed by atoms with Crippen LogP contribution in [0.25, 0.3) is 0 Å². The Morgan fingerprint density at radius 2 is 2.36 bits per heavy atom. The normalized spacial score (nSPS) is 11.4. The van der Waals surface area contributed by atoms with Crippen molar-refractivity contribution in [1.82, 2.24) is 5.32 Å². The van der Waals surface area contributed by atoms with Crippen LogP contribution in [0.4, 0.5) is 0 Å². The first-order valence-corrected chi connectivity index (χ1v) is 5.30. The standard InChI is InChI=1S/C10H15NO2S/c1-10(2,9(12)13-3)11-7-8-5-4-6-14-8/h4-6,11H,7H2,1-3H3. The van der Waals surface area contributed by atoms with Gasteiger partial charge in [0.05, 0.1) is 7.11 Å². The highest BCUT2D eigenvalue weighted by Gasteiger charge is 2.27. The Hall–Kier alpha value is -0.870. The zero-order chi connectivity index (χ0) is 10.6. The van der Waals surface area contributed by atoms with Crippen LogP contribution >= 0.6 is 11.3 Å². The SMILES string of the molecule is COC(=O)C(C)(C)NCc1cccs1. The van der Waals surface area contributed by atoms with Gasteiger partial charge in [0.2, 0.25) is 0 Å². The van der Waals surface area contributed by atoms with Gasteiger partial charge in [-0.1, -0.05) is 6.07 Å². The second kappa shape index (κ2) is 4.57. The van der Waals surface area contributed by atoms with E-state index < -0.39 is 5.54 Å². The van der Waals surface area contributed by atoms with Crippen LogP contribution in [0.1, 0.15) is 18.7 Å². The molecule has 1 aromatic rings. The molecule has 0 aliphatic heterocycles. The molecule has 78 valence electrons. The van der Waals surface area contributed by atoms with Gasteiger partial charge in [-0.25, -0.2) is 0 Å². The Morgan fingerprint density at radius 1 is 1.64 bits per heavy atom. The minimum absolute atomic E-state index is 0.242. The van der Waals surface area contributed by atoms with Crippen LogP contribution in [0.3, 0.4) is 0 Å². The summed E-state index contributed by atoms with van der Waals surface area (Å²) in [5.41, 5.74) is -0.626. The Labute approximate surface area is 88.1 Å². The van der Waals surface area contributed by atoms with Crippen LogP contribution in [0, 0.1) is 0 Å². The van der Waals surface area contributed by atoms with Gasteiger partial charge in [0.25, 0.3) is 0 Å². The van der Waals surface area contributed by atoms with Crippen LogP contribution in [0.2, 0.25) is 0 Å². The van der Waals surface area contributed by atoms with Crippen LogP contribution in [0.15, 0.2) is 17.5 Å². The van der Waals surface area contributed by atoms with E-state index in [2.05, 4.69) is 10.1 Å². The fourth-order valence-corrected chi connectivity index (χ4v) is 1.69. The van der Waals surface area contributed by atoms with Crippen LogP contribution in [-0.4, -0.2) is 18.6 Å². The third-order valence-corrected chi connectivity index (χ3v) is 2.86. The zero-order valence-electron chi connectivity index (χ0n) is 8.66. The number of carbonyl (C=O) groups is 1. The number of methoxy groups -OCH3 is 1. The molecule has 3 nitrogen and oxygen atoms in total. The summed E-state index contributed by atoms with van der Waals surface area (Å²) in [5.74, 6) is -0.242. The smallest absolute Gasteiger partial charge is 0.325 e. The summed E-state index contributed by atoms with van der Waals surface area (Å²) in [5, 5.41) is 5.16. The summed E-state index contributed by atoms with van der Waals surface area (Å²) < 4.78 is 4.69. The van der Waals surface area contributed by atoms with Gasteiger partial charge in [-0.2, -0.15) is 0 Å². The van der Waals surface area contributed by atoms with Gasteiger partial charge in [-0.15, -0.1) is 11.3 Å². The molecule has 0 aliphatic carbocycles. The summed E-state index contributed by atoms with van der Waals surface area (Å²) in [6.45, 7) is 4.32. The topological polar surface area (TPSA) is 38.3 Å². The van der Waals surface area contributed by atoms with Gasteiger partial charge in [-0.05, 0) is 25.3 Å². The number of nitrogens with one attached hydrogen (secondary N) is 1. The number of thiophene rings is 1. The van der Waals surface area contributed by atoms with E-state index in [1.807, 2.05) is 31.4 Å². The number of hydrogen-bond acceptors (Lipinski definition) is 4. The maximum Gasteiger partial charge on any atom is 0.325 e. The number of hydrogen-bond donors (Lipinski definition) is 1. The molecule has 0 aromatic carbocycles. The largest absolute Gasteiger partial charge is 0.468 e. The average Bonchev–Trinajstić information content (AvgIpc) is 2.66. The summed E-state index contributed by atoms with van der Waals surface area (Å²) in [7, 11) is 1.40. The van der Waals surface area contributed by atoms with Crippen molar-refractivity contribution in [3.05, 3.63) is 22.4 Å². The first-order chi connectivity index (χ1) is 6.56. The van der Waals surface area contributed by atoms with E-state index in [1.54, 1.807) is 11.3 Å². The molecule has 0 radical (unpaired) electrons. The van der Waals surface area contributed by atoms with Crippen LogP contribution in [0.5, 0.6) is 0 Å². The first-order valence-electron chi connectivity index (χ1n) is 4.42. The highest BCUT2D eigenvalue weighted by atomic mass is 32.1. The second-order valence-corrected chi connectivity index (χ2v) is 4.58. The molecular formula is C10H15NO2S. The molecule has 0 saturated heterocycles. The lowest BCUT2D eigenvalue weighted by Crippen LogP contribution is -2.46. The third kappa shape index (κ3) is 2.82. The molecule has 0 spiro atoms. The van der Waals surface area contributed by atoms with E-state index in [-0.39, 0.29) is 5.97 Å². The van der Waals surface area contributed by atoms with Crippen molar-refractivity contribution in [3.63, 3.8) is 0 Å². The lowest BCUT2D eigenvalue weighted by molar-refractivity contribution is -0.147. The van der Waals surface area contributed by atoms with Crippen molar-refractivity contribution in [3.8, 4) is 0 Å². The molecule has 4 heteroatoms. The lowest BCUT2D eigenvalue weighted by Gasteiger charge is -2.22. The maximum absolute atomic E-state index is 11.3. The number of carbonyl (C=O) groups excluding carboxylic acids is 1. The molecule has 1 heterocycles. The Bertz CT molecular complexity index is 293. The Morgan fingerprint density at radius 3 is 2.86 bits per heavy atom. The Kier molecular flexibility index (Phi) is 3.66. The molecule has 0 fully saturated rings. The monoisotopic (exact) mass is 213 g/mol. The molecule has 0 unspecified atom stereocenters. The molecule has 0 atom stereocenters. The van der Waals surface area contributed by atoms with Crippen molar-refractivity contribution in [2.45, 2.75) is 25.9 Å².